The van der Waals surface area contributed by atoms with Gasteiger partial charge in [-0.1, -0.05) is 107 Å². The third-order valence-electron chi connectivity index (χ3n) is 13.7. The van der Waals surface area contributed by atoms with Crippen molar-refractivity contribution in [1.29, 1.82) is 5.41 Å². The molecule has 0 fully saturated rings. The Morgan fingerprint density at radius 3 is 1.24 bits per heavy atom. The van der Waals surface area contributed by atoms with Gasteiger partial charge in [-0.25, -0.2) is 9.98 Å². The summed E-state index contributed by atoms with van der Waals surface area (Å²) < 4.78 is 2.40. The van der Waals surface area contributed by atoms with Gasteiger partial charge in [-0.2, -0.15) is 0 Å². The Labute approximate surface area is 355 Å². The number of nitrogens with one attached hydrogen (secondary N) is 1. The monoisotopic (exact) mass is 746 g/mol. The topological polar surface area (TPSA) is 53.5 Å². The predicted octanol–water partition coefficient (Wildman–Crippen LogP) is -6.28. The molecule has 4 nitrogen and oxygen atoms in total. The molecule has 1 N–H and O–H groups in total. The van der Waals surface area contributed by atoms with Gasteiger partial charge in [0.05, 0.1) is 16.7 Å². The molecular weight excluding hydrogens is 705 g/mol. The van der Waals surface area contributed by atoms with Crippen molar-refractivity contribution < 1.29 is 0 Å². The third-order valence-corrected chi connectivity index (χ3v) is 13.7. The molecule has 59 heavy (non-hydrogen) atoms. The summed E-state index contributed by atoms with van der Waals surface area (Å²) in [6, 6.07) is 39.5. The van der Waals surface area contributed by atoms with Crippen molar-refractivity contribution in [3.63, 3.8) is 0 Å². The zero-order valence-corrected chi connectivity index (χ0v) is 35.8. The molecule has 0 saturated carbocycles. The summed E-state index contributed by atoms with van der Waals surface area (Å²) in [5.74, 6) is 0.772. The minimum atomic E-state index is 0.228. The smallest absolute Gasteiger partial charge is 0.160 e. The molecular formula is C45H40B10N4. The summed E-state index contributed by atoms with van der Waals surface area (Å²) >= 11 is 0. The lowest BCUT2D eigenvalue weighted by molar-refractivity contribution is 1.18. The highest BCUT2D eigenvalue weighted by molar-refractivity contribution is 6.70. The van der Waals surface area contributed by atoms with Crippen molar-refractivity contribution in [3.05, 3.63) is 126 Å². The third kappa shape index (κ3) is 6.02. The van der Waals surface area contributed by atoms with Crippen LogP contribution in [0.4, 0.5) is 0 Å². The summed E-state index contributed by atoms with van der Waals surface area (Å²) in [7, 11) is 21.6. The lowest BCUT2D eigenvalue weighted by Crippen LogP contribution is -2.57. The normalized spacial score (nSPS) is 12.2. The largest absolute Gasteiger partial charge is 0.309 e. The molecule has 1 heterocycles. The predicted molar refractivity (Wildman–Crippen MR) is 289 cm³/mol. The van der Waals surface area contributed by atoms with E-state index in [9.17, 15) is 5.41 Å². The van der Waals surface area contributed by atoms with Gasteiger partial charge in [-0.3, -0.25) is 5.41 Å². The lowest BCUT2D eigenvalue weighted by Gasteiger charge is -2.21. The van der Waals surface area contributed by atoms with Crippen LogP contribution in [0.25, 0.3) is 59.8 Å². The fraction of sp³-hybridized carbons (Fsp3) is 0. The van der Waals surface area contributed by atoms with E-state index in [1.165, 1.54) is 75.9 Å². The zero-order chi connectivity index (χ0) is 41.4. The molecule has 1 aromatic heterocycles. The van der Waals surface area contributed by atoms with Crippen LogP contribution in [0.2, 0.25) is 0 Å². The highest BCUT2D eigenvalue weighted by Gasteiger charge is 2.21. The Morgan fingerprint density at radius 1 is 0.424 bits per heavy atom. The molecule has 8 aromatic carbocycles. The van der Waals surface area contributed by atoms with Crippen LogP contribution in [0.1, 0.15) is 16.7 Å². The molecule has 0 aliphatic heterocycles. The van der Waals surface area contributed by atoms with E-state index in [-0.39, 0.29) is 5.84 Å². The number of aliphatic imine (C=N–C) groups is 2. The van der Waals surface area contributed by atoms with Gasteiger partial charge in [0.25, 0.3) is 0 Å². The van der Waals surface area contributed by atoms with Gasteiger partial charge < -0.3 is 4.57 Å². The van der Waals surface area contributed by atoms with Crippen LogP contribution in [0.15, 0.2) is 119 Å². The molecule has 0 bridgehead atoms. The minimum absolute atomic E-state index is 0.228. The molecule has 0 saturated heterocycles. The maximum Gasteiger partial charge on any atom is 0.160 e. The van der Waals surface area contributed by atoms with Crippen LogP contribution in [-0.4, -0.2) is 101 Å². The minimum Gasteiger partial charge on any atom is -0.309 e. The van der Waals surface area contributed by atoms with E-state index in [0.717, 1.165) is 55.3 Å². The van der Waals surface area contributed by atoms with Crippen LogP contribution < -0.4 is 54.6 Å². The van der Waals surface area contributed by atoms with Crippen molar-refractivity contribution in [2.75, 3.05) is 0 Å². The van der Waals surface area contributed by atoms with E-state index in [4.69, 9.17) is 9.98 Å². The second-order valence-electron chi connectivity index (χ2n) is 16.5. The number of aromatic nitrogens is 1. The quantitative estimate of drug-likeness (QED) is 0.0809. The molecule has 0 unspecified atom stereocenters. The molecule has 0 spiro atoms. The lowest BCUT2D eigenvalue weighted by atomic mass is 9.60. The summed E-state index contributed by atoms with van der Waals surface area (Å²) in [5.41, 5.74) is 18.0. The number of benzene rings is 8. The van der Waals surface area contributed by atoms with Gasteiger partial charge >= 0.3 is 0 Å². The Morgan fingerprint density at radius 2 is 0.780 bits per heavy atom. The number of para-hydroxylation sites is 2. The first-order chi connectivity index (χ1) is 28.4. The van der Waals surface area contributed by atoms with Crippen LogP contribution in [0.5, 0.6) is 0 Å². The van der Waals surface area contributed by atoms with Gasteiger partial charge in [-0.15, -0.1) is 32.8 Å². The second-order valence-corrected chi connectivity index (χ2v) is 16.5. The highest BCUT2D eigenvalue weighted by Crippen LogP contribution is 2.39. The number of rotatable bonds is 4. The van der Waals surface area contributed by atoms with Gasteiger partial charge in [0.2, 0.25) is 0 Å². The van der Waals surface area contributed by atoms with Crippen molar-refractivity contribution in [1.82, 2.24) is 4.57 Å². The fourth-order valence-corrected chi connectivity index (χ4v) is 9.57. The molecule has 9 rings (SSSR count). The summed E-state index contributed by atoms with van der Waals surface area (Å²) in [5, 5.41) is 19.3. The Hall–Kier alpha value is -6.00. The average Bonchev–Trinajstić information content (AvgIpc) is 3.59. The van der Waals surface area contributed by atoms with E-state index >= 15 is 0 Å². The van der Waals surface area contributed by atoms with E-state index < -0.39 is 0 Å². The van der Waals surface area contributed by atoms with Gasteiger partial charge in [0.1, 0.15) is 78.5 Å². The molecule has 9 aromatic rings. The molecule has 0 amide bonds. The Bertz CT molecular complexity index is 3260. The van der Waals surface area contributed by atoms with E-state index in [1.54, 1.807) is 0 Å². The SMILES string of the molecule is Bc1c(B)c(B)c(C(=N)/N=C(\N=C\c2cc3c4ccccc4c4ccccc4c3cc2-n2c3ccccc3c3ccccc32)c2c(B)c(B)c(B)c(B)c2B)c(B)c1B. The first-order valence-electron chi connectivity index (χ1n) is 20.6. The maximum atomic E-state index is 9.67. The number of amidine groups is 2. The maximum absolute atomic E-state index is 9.67. The Balaban J connectivity index is 1.38. The van der Waals surface area contributed by atoms with E-state index in [0.29, 0.717) is 5.84 Å². The average molecular weight is 745 g/mol. The number of hydrogen-bond acceptors (Lipinski definition) is 1. The summed E-state index contributed by atoms with van der Waals surface area (Å²) in [6.45, 7) is 0. The van der Waals surface area contributed by atoms with E-state index in [2.05, 4.69) is 192 Å². The van der Waals surface area contributed by atoms with Crippen LogP contribution in [0.3, 0.4) is 0 Å². The highest BCUT2D eigenvalue weighted by atomic mass is 15.0. The summed E-state index contributed by atoms with van der Waals surface area (Å²) in [6.07, 6.45) is 2.00. The zero-order valence-electron chi connectivity index (χ0n) is 35.8. The molecule has 0 aliphatic rings. The molecule has 270 valence electrons. The molecule has 0 radical (unpaired) electrons. The molecule has 14 heteroatoms. The molecule has 0 atom stereocenters. The second kappa shape index (κ2) is 14.7. The van der Waals surface area contributed by atoms with Gasteiger partial charge in [0.15, 0.2) is 11.7 Å². The van der Waals surface area contributed by atoms with Crippen molar-refractivity contribution in [2.45, 2.75) is 0 Å². The van der Waals surface area contributed by atoms with Gasteiger partial charge in [0, 0.05) is 33.7 Å². The van der Waals surface area contributed by atoms with E-state index in [1.807, 2.05) is 6.21 Å². The fourth-order valence-electron chi connectivity index (χ4n) is 9.57. The number of fused-ring (bicyclic) bond motifs is 9. The van der Waals surface area contributed by atoms with Crippen molar-refractivity contribution in [3.8, 4) is 5.69 Å². The van der Waals surface area contributed by atoms with Crippen molar-refractivity contribution in [2.24, 2.45) is 9.98 Å². The van der Waals surface area contributed by atoms with Crippen LogP contribution in [0, 0.1) is 5.41 Å². The number of hydrogen-bond donors (Lipinski definition) is 1. The van der Waals surface area contributed by atoms with Crippen LogP contribution in [-0.2, 0) is 0 Å². The first-order valence-corrected chi connectivity index (χ1v) is 20.6. The first kappa shape index (κ1) is 38.5. The standard InChI is InChI=1S/C45H40B10N4/c46-34-32(35(47)39(51)42(54)38(34)50)44(56)58-45(33-36(48)40(52)43(55)41(53)37(33)49)57-19-20-17-27-23-11-3-1-9-21(23)22-10-2-4-12-24(22)28(27)18-31(20)59-29-15-7-5-13-25(29)26-14-6-8-16-30(26)59/h1-19,56H,46-55H2/b56-44?,57-19+,58-45-. The summed E-state index contributed by atoms with van der Waals surface area (Å²) in [4.78, 5) is 10.7. The Kier molecular flexibility index (Phi) is 9.58. The van der Waals surface area contributed by atoms with Crippen molar-refractivity contribution >= 4 is 205 Å². The molecule has 0 aliphatic carbocycles. The van der Waals surface area contributed by atoms with Gasteiger partial charge in [-0.05, 0) is 56.6 Å². The number of nitrogens with zero attached hydrogens (tertiary/aromatic N) is 3. The van der Waals surface area contributed by atoms with Crippen LogP contribution >= 0.6 is 0 Å².